The second-order valence-electron chi connectivity index (χ2n) is 5.11. The molecular weight excluding hydrogens is 360 g/mol. The first-order valence-corrected chi connectivity index (χ1v) is 8.87. The Morgan fingerprint density at radius 2 is 2.24 bits per heavy atom. The predicted octanol–water partition coefficient (Wildman–Crippen LogP) is 0.290. The van der Waals surface area contributed by atoms with E-state index in [1.54, 1.807) is 6.08 Å². The van der Waals surface area contributed by atoms with Gasteiger partial charge >= 0.3 is 0 Å². The van der Waals surface area contributed by atoms with Crippen molar-refractivity contribution in [2.75, 3.05) is 31.7 Å². The van der Waals surface area contributed by atoms with E-state index in [1.807, 2.05) is 19.0 Å². The minimum atomic E-state index is -3.13. The molecule has 7 nitrogen and oxygen atoms in total. The van der Waals surface area contributed by atoms with Gasteiger partial charge in [-0.1, -0.05) is 6.08 Å². The molecule has 9 heteroatoms. The van der Waals surface area contributed by atoms with Crippen LogP contribution in [0, 0.1) is 0 Å². The molecule has 1 unspecified atom stereocenters. The highest BCUT2D eigenvalue weighted by molar-refractivity contribution is 9.10. The van der Waals surface area contributed by atoms with Gasteiger partial charge in [-0.05, 0) is 30.0 Å². The maximum absolute atomic E-state index is 12.2. The Kier molecular flexibility index (Phi) is 4.84. The third kappa shape index (κ3) is 4.14. The summed E-state index contributed by atoms with van der Waals surface area (Å²) in [4.78, 5) is 14.1. The third-order valence-corrected chi connectivity index (χ3v) is 5.18. The fourth-order valence-corrected chi connectivity index (χ4v) is 3.54. The lowest BCUT2D eigenvalue weighted by Gasteiger charge is -2.15. The average Bonchev–Trinajstić information content (AvgIpc) is 2.73. The van der Waals surface area contributed by atoms with Gasteiger partial charge in [0.2, 0.25) is 0 Å². The van der Waals surface area contributed by atoms with Crippen molar-refractivity contribution in [2.24, 2.45) is 0 Å². The van der Waals surface area contributed by atoms with E-state index in [1.165, 1.54) is 16.3 Å². The molecule has 1 N–H and O–H groups in total. The van der Waals surface area contributed by atoms with Crippen LogP contribution in [0.4, 0.5) is 5.69 Å². The Labute approximate surface area is 131 Å². The second kappa shape index (κ2) is 6.29. The van der Waals surface area contributed by atoms with Crippen LogP contribution >= 0.6 is 15.9 Å². The third-order valence-electron chi connectivity index (χ3n) is 3.01. The number of aromatic nitrogens is 2. The number of halogens is 1. The van der Waals surface area contributed by atoms with Gasteiger partial charge in [0.25, 0.3) is 5.56 Å². The van der Waals surface area contributed by atoms with Crippen LogP contribution in [0.1, 0.15) is 0 Å². The van der Waals surface area contributed by atoms with E-state index in [2.05, 4.69) is 26.3 Å². The van der Waals surface area contributed by atoms with Crippen molar-refractivity contribution in [1.29, 1.82) is 0 Å². The summed E-state index contributed by atoms with van der Waals surface area (Å²) in [5.74, 6) is -0.0108. The number of sulfone groups is 1. The number of likely N-dealkylation sites (N-methyl/N-ethyl adjacent to an activating group) is 1. The van der Waals surface area contributed by atoms with Crippen molar-refractivity contribution < 1.29 is 8.42 Å². The van der Waals surface area contributed by atoms with Crippen molar-refractivity contribution in [3.63, 3.8) is 0 Å². The Morgan fingerprint density at radius 1 is 1.52 bits per heavy atom. The standard InChI is InChI=1S/C12H17BrN4O3S/c1-16(2)4-5-17-12(18)11(13)10(7-14-17)15-9-3-6-21(19,20)8-9/h3,6-7,9,15H,4-5,8H2,1-2H3. The number of hydrogen-bond acceptors (Lipinski definition) is 6. The van der Waals surface area contributed by atoms with Gasteiger partial charge in [0.05, 0.1) is 30.2 Å². The molecule has 0 radical (unpaired) electrons. The molecule has 0 aliphatic carbocycles. The van der Waals surface area contributed by atoms with Crippen LogP contribution in [-0.4, -0.2) is 55.5 Å². The molecule has 0 bridgehead atoms. The average molecular weight is 377 g/mol. The first-order chi connectivity index (χ1) is 9.78. The fourth-order valence-electron chi connectivity index (χ4n) is 1.89. The molecule has 2 heterocycles. The monoisotopic (exact) mass is 376 g/mol. The summed E-state index contributed by atoms with van der Waals surface area (Å²) in [5.41, 5.74) is 0.250. The van der Waals surface area contributed by atoms with Gasteiger partial charge in [-0.25, -0.2) is 13.1 Å². The summed E-state index contributed by atoms with van der Waals surface area (Å²) in [6.07, 6.45) is 3.10. The van der Waals surface area contributed by atoms with E-state index in [-0.39, 0.29) is 17.4 Å². The molecule has 0 aromatic carbocycles. The highest BCUT2D eigenvalue weighted by atomic mass is 79.9. The molecule has 116 valence electrons. The summed E-state index contributed by atoms with van der Waals surface area (Å²) in [5, 5.41) is 8.28. The van der Waals surface area contributed by atoms with E-state index in [0.29, 0.717) is 23.2 Å². The molecular formula is C12H17BrN4O3S. The SMILES string of the molecule is CN(C)CCn1ncc(NC2C=CS(=O)(=O)C2)c(Br)c1=O. The van der Waals surface area contributed by atoms with Crippen molar-refractivity contribution >= 4 is 31.5 Å². The van der Waals surface area contributed by atoms with E-state index in [4.69, 9.17) is 0 Å². The minimum Gasteiger partial charge on any atom is -0.375 e. The van der Waals surface area contributed by atoms with Crippen molar-refractivity contribution in [3.8, 4) is 0 Å². The van der Waals surface area contributed by atoms with E-state index in [9.17, 15) is 13.2 Å². The lowest BCUT2D eigenvalue weighted by atomic mass is 10.3. The number of hydrogen-bond donors (Lipinski definition) is 1. The summed E-state index contributed by atoms with van der Waals surface area (Å²) >= 11 is 3.25. The lowest BCUT2D eigenvalue weighted by molar-refractivity contribution is 0.367. The van der Waals surface area contributed by atoms with Crippen LogP contribution in [0.5, 0.6) is 0 Å². The Balaban J connectivity index is 2.14. The van der Waals surface area contributed by atoms with Gasteiger partial charge in [0.15, 0.2) is 9.84 Å². The molecule has 0 saturated heterocycles. The van der Waals surface area contributed by atoms with Crippen LogP contribution in [0.3, 0.4) is 0 Å². The largest absolute Gasteiger partial charge is 0.375 e. The maximum Gasteiger partial charge on any atom is 0.283 e. The molecule has 1 aromatic rings. The normalized spacial score (nSPS) is 20.1. The lowest BCUT2D eigenvalue weighted by Crippen LogP contribution is -2.30. The summed E-state index contributed by atoms with van der Waals surface area (Å²) < 4.78 is 24.5. The first-order valence-electron chi connectivity index (χ1n) is 6.36. The first kappa shape index (κ1) is 16.2. The summed E-state index contributed by atoms with van der Waals surface area (Å²) in [6, 6.07) is -0.342. The molecule has 1 aliphatic heterocycles. The topological polar surface area (TPSA) is 84.3 Å². The fraction of sp³-hybridized carbons (Fsp3) is 0.500. The number of nitrogens with one attached hydrogen (secondary N) is 1. The molecule has 0 fully saturated rings. The second-order valence-corrected chi connectivity index (χ2v) is 7.84. The van der Waals surface area contributed by atoms with Gasteiger partial charge in [-0.2, -0.15) is 5.10 Å². The zero-order valence-corrected chi connectivity index (χ0v) is 14.2. The van der Waals surface area contributed by atoms with Crippen molar-refractivity contribution in [1.82, 2.24) is 14.7 Å². The van der Waals surface area contributed by atoms with Gasteiger partial charge in [-0.3, -0.25) is 4.79 Å². The van der Waals surface area contributed by atoms with Gasteiger partial charge < -0.3 is 10.2 Å². The van der Waals surface area contributed by atoms with E-state index in [0.717, 1.165) is 0 Å². The quantitative estimate of drug-likeness (QED) is 0.794. The minimum absolute atomic E-state index is 0.0108. The van der Waals surface area contributed by atoms with Gasteiger partial charge in [0, 0.05) is 12.0 Å². The van der Waals surface area contributed by atoms with Crippen LogP contribution < -0.4 is 10.9 Å². The predicted molar refractivity (Wildman–Crippen MR) is 85.1 cm³/mol. The number of nitrogens with zero attached hydrogens (tertiary/aromatic N) is 3. The molecule has 1 aliphatic rings. The maximum atomic E-state index is 12.2. The molecule has 21 heavy (non-hydrogen) atoms. The van der Waals surface area contributed by atoms with Gasteiger partial charge in [0.1, 0.15) is 4.47 Å². The molecule has 0 saturated carbocycles. The Bertz CT molecular complexity index is 712. The highest BCUT2D eigenvalue weighted by Crippen LogP contribution is 2.20. The van der Waals surface area contributed by atoms with Crippen molar-refractivity contribution in [2.45, 2.75) is 12.6 Å². The van der Waals surface area contributed by atoms with Crippen LogP contribution in [-0.2, 0) is 16.4 Å². The van der Waals surface area contributed by atoms with E-state index < -0.39 is 9.84 Å². The number of anilines is 1. The van der Waals surface area contributed by atoms with Crippen molar-refractivity contribution in [3.05, 3.63) is 32.5 Å². The summed E-state index contributed by atoms with van der Waals surface area (Å²) in [7, 11) is 0.707. The molecule has 0 spiro atoms. The molecule has 0 amide bonds. The Hall–Kier alpha value is -1.19. The highest BCUT2D eigenvalue weighted by Gasteiger charge is 2.22. The molecule has 1 atom stereocenters. The molecule has 2 rings (SSSR count). The van der Waals surface area contributed by atoms with Crippen LogP contribution in [0.25, 0.3) is 0 Å². The van der Waals surface area contributed by atoms with E-state index >= 15 is 0 Å². The smallest absolute Gasteiger partial charge is 0.283 e. The van der Waals surface area contributed by atoms with Gasteiger partial charge in [-0.15, -0.1) is 0 Å². The van der Waals surface area contributed by atoms with Crippen LogP contribution in [0.2, 0.25) is 0 Å². The Morgan fingerprint density at radius 3 is 2.81 bits per heavy atom. The summed E-state index contributed by atoms with van der Waals surface area (Å²) in [6.45, 7) is 1.19. The zero-order valence-electron chi connectivity index (χ0n) is 11.8. The number of rotatable bonds is 5. The molecule has 1 aromatic heterocycles. The zero-order chi connectivity index (χ0) is 15.6. The van der Waals surface area contributed by atoms with Crippen LogP contribution in [0.15, 0.2) is 26.9 Å².